The number of ether oxygens (including phenoxy) is 1. The van der Waals surface area contributed by atoms with Crippen molar-refractivity contribution in [2.75, 3.05) is 6.61 Å². The molecule has 0 spiro atoms. The first-order chi connectivity index (χ1) is 15.7. The van der Waals surface area contributed by atoms with E-state index in [9.17, 15) is 9.59 Å². The Hall–Kier alpha value is -2.98. The Morgan fingerprint density at radius 3 is 2.33 bits per heavy atom. The van der Waals surface area contributed by atoms with Gasteiger partial charge < -0.3 is 4.74 Å². The van der Waals surface area contributed by atoms with Gasteiger partial charge in [-0.15, -0.1) is 11.3 Å². The number of Topliss-reactive ketones (excluding diaryl/α,β-unsaturated/α-hetero) is 1. The highest BCUT2D eigenvalue weighted by molar-refractivity contribution is 7.13. The van der Waals surface area contributed by atoms with Crippen molar-refractivity contribution in [1.82, 2.24) is 0 Å². The molecule has 0 radical (unpaired) electrons. The predicted octanol–water partition coefficient (Wildman–Crippen LogP) is 7.07. The maximum Gasteiger partial charge on any atom is 0.338 e. The second kappa shape index (κ2) is 9.11. The third-order valence-corrected chi connectivity index (χ3v) is 7.41. The predicted molar refractivity (Wildman–Crippen MR) is 135 cm³/mol. The number of hydrogen-bond acceptors (Lipinski definition) is 4. The number of carbonyl (C=O) groups is 2. The Bertz CT molecular complexity index is 1230. The summed E-state index contributed by atoms with van der Waals surface area (Å²) < 4.78 is 5.09. The second-order valence-electron chi connectivity index (χ2n) is 9.31. The molecule has 4 rings (SSSR count). The molecule has 0 aliphatic heterocycles. The molecule has 1 heterocycles. The maximum absolute atomic E-state index is 12.8. The van der Waals surface area contributed by atoms with E-state index in [-0.39, 0.29) is 23.1 Å². The molecule has 0 N–H and O–H groups in total. The summed E-state index contributed by atoms with van der Waals surface area (Å²) in [4.78, 5) is 27.4. The topological polar surface area (TPSA) is 43.4 Å². The molecule has 0 saturated carbocycles. The molecule has 1 aromatic heterocycles. The molecule has 1 aliphatic rings. The lowest BCUT2D eigenvalue weighted by atomic mass is 9.72. The van der Waals surface area contributed by atoms with Crippen LogP contribution in [0.15, 0.2) is 60.7 Å². The minimum Gasteiger partial charge on any atom is -0.462 e. The van der Waals surface area contributed by atoms with Gasteiger partial charge in [-0.2, -0.15) is 0 Å². The van der Waals surface area contributed by atoms with Gasteiger partial charge in [-0.05, 0) is 90.8 Å². The van der Waals surface area contributed by atoms with E-state index in [1.54, 1.807) is 37.3 Å². The highest BCUT2D eigenvalue weighted by Crippen LogP contribution is 2.44. The standard InChI is InChI=1S/C29H30O3S/c1-6-32-28(31)21-10-8-20(9-11-21)27(19(3)30)22-12-13-25-24(17-22)23(15-16-29(25,4)5)26-14-7-18(2)33-26/h7-15,17,27H,6,16H2,1-5H3. The van der Waals surface area contributed by atoms with Crippen molar-refractivity contribution in [3.8, 4) is 0 Å². The Morgan fingerprint density at radius 1 is 1.03 bits per heavy atom. The number of benzene rings is 2. The van der Waals surface area contributed by atoms with Gasteiger partial charge >= 0.3 is 5.97 Å². The third-order valence-electron chi connectivity index (χ3n) is 6.38. The molecule has 3 aromatic rings. The fourth-order valence-corrected chi connectivity index (χ4v) is 5.55. The van der Waals surface area contributed by atoms with E-state index in [0.29, 0.717) is 12.2 Å². The summed E-state index contributed by atoms with van der Waals surface area (Å²) in [5.41, 5.74) is 6.16. The number of thiophene rings is 1. The lowest BCUT2D eigenvalue weighted by molar-refractivity contribution is -0.117. The van der Waals surface area contributed by atoms with Crippen LogP contribution in [0.2, 0.25) is 0 Å². The molecular weight excluding hydrogens is 428 g/mol. The number of hydrogen-bond donors (Lipinski definition) is 0. The number of carbonyl (C=O) groups excluding carboxylic acids is 2. The van der Waals surface area contributed by atoms with Crippen molar-refractivity contribution in [3.63, 3.8) is 0 Å². The minimum absolute atomic E-state index is 0.0384. The van der Waals surface area contributed by atoms with Crippen LogP contribution in [0.4, 0.5) is 0 Å². The van der Waals surface area contributed by atoms with Crippen LogP contribution in [0, 0.1) is 6.92 Å². The van der Waals surface area contributed by atoms with Gasteiger partial charge in [0, 0.05) is 9.75 Å². The van der Waals surface area contributed by atoms with Crippen LogP contribution in [0.1, 0.15) is 82.4 Å². The number of aryl methyl sites for hydroxylation is 1. The Labute approximate surface area is 200 Å². The van der Waals surface area contributed by atoms with Crippen LogP contribution < -0.4 is 0 Å². The third kappa shape index (κ3) is 4.58. The van der Waals surface area contributed by atoms with E-state index in [4.69, 9.17) is 4.74 Å². The normalized spacial score (nSPS) is 15.4. The summed E-state index contributed by atoms with van der Waals surface area (Å²) in [6.45, 7) is 10.4. The molecule has 0 fully saturated rings. The van der Waals surface area contributed by atoms with Crippen LogP contribution >= 0.6 is 11.3 Å². The molecule has 3 nitrogen and oxygen atoms in total. The molecule has 170 valence electrons. The van der Waals surface area contributed by atoms with Crippen molar-refractivity contribution >= 4 is 28.7 Å². The zero-order valence-electron chi connectivity index (χ0n) is 19.9. The van der Waals surface area contributed by atoms with Crippen molar-refractivity contribution in [2.45, 2.75) is 52.4 Å². The van der Waals surface area contributed by atoms with Crippen LogP contribution in [0.3, 0.4) is 0 Å². The van der Waals surface area contributed by atoms with Crippen molar-refractivity contribution in [2.24, 2.45) is 0 Å². The van der Waals surface area contributed by atoms with E-state index in [2.05, 4.69) is 57.2 Å². The number of rotatable bonds is 6. The first-order valence-corrected chi connectivity index (χ1v) is 12.2. The average molecular weight is 459 g/mol. The van der Waals surface area contributed by atoms with Crippen molar-refractivity contribution < 1.29 is 14.3 Å². The maximum atomic E-state index is 12.8. The monoisotopic (exact) mass is 458 g/mol. The van der Waals surface area contributed by atoms with Gasteiger partial charge in [0.1, 0.15) is 5.78 Å². The van der Waals surface area contributed by atoms with Gasteiger partial charge in [0.2, 0.25) is 0 Å². The smallest absolute Gasteiger partial charge is 0.338 e. The Morgan fingerprint density at radius 2 is 1.73 bits per heavy atom. The average Bonchev–Trinajstić information content (AvgIpc) is 3.20. The minimum atomic E-state index is -0.386. The van der Waals surface area contributed by atoms with Gasteiger partial charge in [0.25, 0.3) is 0 Å². The molecule has 0 saturated heterocycles. The van der Waals surface area contributed by atoms with E-state index >= 15 is 0 Å². The summed E-state index contributed by atoms with van der Waals surface area (Å²) in [5.74, 6) is -0.658. The zero-order valence-corrected chi connectivity index (χ0v) is 20.7. The lowest BCUT2D eigenvalue weighted by Crippen LogP contribution is -2.22. The molecule has 2 aromatic carbocycles. The van der Waals surface area contributed by atoms with E-state index in [0.717, 1.165) is 17.5 Å². The van der Waals surface area contributed by atoms with Gasteiger partial charge in [0.15, 0.2) is 0 Å². The number of ketones is 1. The fraction of sp³-hybridized carbons (Fsp3) is 0.310. The molecule has 0 bridgehead atoms. The number of esters is 1. The van der Waals surface area contributed by atoms with Crippen LogP contribution in [-0.2, 0) is 14.9 Å². The molecular formula is C29H30O3S. The molecule has 0 amide bonds. The highest BCUT2D eigenvalue weighted by Gasteiger charge is 2.30. The first-order valence-electron chi connectivity index (χ1n) is 11.4. The van der Waals surface area contributed by atoms with Crippen LogP contribution in [0.25, 0.3) is 5.57 Å². The Kier molecular flexibility index (Phi) is 6.40. The first kappa shape index (κ1) is 23.2. The fourth-order valence-electron chi connectivity index (χ4n) is 4.63. The van der Waals surface area contributed by atoms with E-state index < -0.39 is 0 Å². The van der Waals surface area contributed by atoms with Gasteiger partial charge in [-0.25, -0.2) is 4.79 Å². The molecule has 4 heteroatoms. The SMILES string of the molecule is CCOC(=O)c1ccc(C(C(C)=O)c2ccc3c(c2)C(c2ccc(C)s2)=CCC3(C)C)cc1. The van der Waals surface area contributed by atoms with Gasteiger partial charge in [-0.3, -0.25) is 4.79 Å². The summed E-state index contributed by atoms with van der Waals surface area (Å²) in [5, 5.41) is 0. The van der Waals surface area contributed by atoms with Gasteiger partial charge in [0.05, 0.1) is 18.1 Å². The van der Waals surface area contributed by atoms with Crippen molar-refractivity contribution in [1.29, 1.82) is 0 Å². The van der Waals surface area contributed by atoms with E-state index in [1.165, 1.54) is 26.5 Å². The summed E-state index contributed by atoms with van der Waals surface area (Å²) in [6.07, 6.45) is 3.32. The molecule has 1 aliphatic carbocycles. The summed E-state index contributed by atoms with van der Waals surface area (Å²) in [7, 11) is 0. The highest BCUT2D eigenvalue weighted by atomic mass is 32.1. The quantitative estimate of drug-likeness (QED) is 0.371. The Balaban J connectivity index is 1.77. The molecule has 33 heavy (non-hydrogen) atoms. The molecule has 1 unspecified atom stereocenters. The summed E-state index contributed by atoms with van der Waals surface area (Å²) in [6, 6.07) is 18.0. The molecule has 1 atom stereocenters. The second-order valence-corrected chi connectivity index (χ2v) is 10.6. The van der Waals surface area contributed by atoms with Gasteiger partial charge in [-0.1, -0.05) is 44.2 Å². The number of allylic oxidation sites excluding steroid dienone is 1. The largest absolute Gasteiger partial charge is 0.462 e. The lowest BCUT2D eigenvalue weighted by Gasteiger charge is -2.33. The van der Waals surface area contributed by atoms with Crippen molar-refractivity contribution in [3.05, 3.63) is 98.2 Å². The zero-order chi connectivity index (χ0) is 23.8. The number of fused-ring (bicyclic) bond motifs is 1. The van der Waals surface area contributed by atoms with Crippen LogP contribution in [-0.4, -0.2) is 18.4 Å². The van der Waals surface area contributed by atoms with E-state index in [1.807, 2.05) is 12.1 Å². The van der Waals surface area contributed by atoms with Crippen LogP contribution in [0.5, 0.6) is 0 Å². The summed E-state index contributed by atoms with van der Waals surface area (Å²) >= 11 is 1.80.